The van der Waals surface area contributed by atoms with E-state index in [1.165, 1.54) is 12.1 Å². The summed E-state index contributed by atoms with van der Waals surface area (Å²) in [5.74, 6) is -1.46. The smallest absolute Gasteiger partial charge is 0.335 e. The number of carboxylic acid groups (broad SMARTS) is 1. The average molecular weight is 233 g/mol. The normalized spacial score (nSPS) is 9.83. The molecule has 0 aromatic heterocycles. The van der Waals surface area contributed by atoms with Crippen molar-refractivity contribution in [3.05, 3.63) is 35.1 Å². The van der Waals surface area contributed by atoms with Gasteiger partial charge < -0.3 is 5.11 Å². The highest BCUT2D eigenvalue weighted by atomic mass is 79.9. The molecule has 1 aromatic carbocycles. The highest BCUT2D eigenvalue weighted by molar-refractivity contribution is 9.08. The zero-order valence-corrected chi connectivity index (χ0v) is 7.64. The topological polar surface area (TPSA) is 37.3 Å². The zero-order valence-electron chi connectivity index (χ0n) is 6.05. The van der Waals surface area contributed by atoms with Gasteiger partial charge in [0, 0.05) is 5.33 Å². The quantitative estimate of drug-likeness (QED) is 0.796. The molecule has 2 nitrogen and oxygen atoms in total. The van der Waals surface area contributed by atoms with Gasteiger partial charge >= 0.3 is 5.97 Å². The van der Waals surface area contributed by atoms with Crippen molar-refractivity contribution in [1.82, 2.24) is 0 Å². The lowest BCUT2D eigenvalue weighted by molar-refractivity contribution is 0.0696. The number of hydrogen-bond donors (Lipinski definition) is 1. The second kappa shape index (κ2) is 3.67. The summed E-state index contributed by atoms with van der Waals surface area (Å²) in [6, 6.07) is 3.60. The Balaban J connectivity index is 3.20. The molecule has 1 N–H and O–H groups in total. The van der Waals surface area contributed by atoms with Crippen LogP contribution >= 0.6 is 15.9 Å². The summed E-state index contributed by atoms with van der Waals surface area (Å²) in [7, 11) is 0. The fourth-order valence-corrected chi connectivity index (χ4v) is 1.35. The predicted molar refractivity (Wildman–Crippen MR) is 46.0 cm³/mol. The second-order valence-electron chi connectivity index (χ2n) is 2.24. The predicted octanol–water partition coefficient (Wildman–Crippen LogP) is 2.42. The van der Waals surface area contributed by atoms with Crippen LogP contribution in [-0.4, -0.2) is 11.1 Å². The van der Waals surface area contributed by atoms with E-state index in [-0.39, 0.29) is 5.56 Å². The van der Waals surface area contributed by atoms with Crippen molar-refractivity contribution in [1.29, 1.82) is 0 Å². The minimum absolute atomic E-state index is 0.133. The largest absolute Gasteiger partial charge is 0.478 e. The van der Waals surface area contributed by atoms with Crippen molar-refractivity contribution >= 4 is 21.9 Å². The highest BCUT2D eigenvalue weighted by Gasteiger charge is 2.08. The Morgan fingerprint density at radius 1 is 1.58 bits per heavy atom. The van der Waals surface area contributed by atoms with Gasteiger partial charge in [0.05, 0.1) is 5.56 Å². The van der Waals surface area contributed by atoms with E-state index in [9.17, 15) is 9.18 Å². The first-order chi connectivity index (χ1) is 5.65. The van der Waals surface area contributed by atoms with Crippen LogP contribution in [0.1, 0.15) is 15.9 Å². The van der Waals surface area contributed by atoms with E-state index >= 15 is 0 Å². The van der Waals surface area contributed by atoms with E-state index < -0.39 is 11.8 Å². The molecule has 0 heterocycles. The van der Waals surface area contributed by atoms with Crippen LogP contribution in [0.3, 0.4) is 0 Å². The van der Waals surface area contributed by atoms with Crippen molar-refractivity contribution in [2.24, 2.45) is 0 Å². The van der Waals surface area contributed by atoms with Crippen LogP contribution in [0, 0.1) is 5.82 Å². The zero-order chi connectivity index (χ0) is 9.14. The number of alkyl halides is 1. The lowest BCUT2D eigenvalue weighted by Gasteiger charge is -2.01. The van der Waals surface area contributed by atoms with Gasteiger partial charge in [-0.25, -0.2) is 9.18 Å². The van der Waals surface area contributed by atoms with Crippen molar-refractivity contribution in [2.45, 2.75) is 5.33 Å². The Labute approximate surface area is 77.2 Å². The van der Waals surface area contributed by atoms with Crippen molar-refractivity contribution in [3.8, 4) is 0 Å². The number of hydrogen-bond acceptors (Lipinski definition) is 1. The number of benzene rings is 1. The molecule has 0 atom stereocenters. The molecular formula is C8H6BrFO2. The third kappa shape index (κ3) is 1.82. The van der Waals surface area contributed by atoms with E-state index in [0.717, 1.165) is 6.07 Å². The molecule has 0 unspecified atom stereocenters. The summed E-state index contributed by atoms with van der Waals surface area (Å²) in [6.07, 6.45) is 0. The maximum atomic E-state index is 12.6. The van der Waals surface area contributed by atoms with Gasteiger partial charge in [-0.1, -0.05) is 15.9 Å². The van der Waals surface area contributed by atoms with Crippen molar-refractivity contribution in [3.63, 3.8) is 0 Å². The first-order valence-electron chi connectivity index (χ1n) is 3.23. The molecule has 1 rings (SSSR count). The van der Waals surface area contributed by atoms with Gasteiger partial charge in [-0.15, -0.1) is 0 Å². The maximum Gasteiger partial charge on any atom is 0.335 e. The standard InChI is InChI=1S/C8H6BrFO2/c9-4-5-3-6(10)1-2-7(5)8(11)12/h1-3H,4H2,(H,11,12). The summed E-state index contributed by atoms with van der Waals surface area (Å²) >= 11 is 3.08. The summed E-state index contributed by atoms with van der Waals surface area (Å²) < 4.78 is 12.6. The van der Waals surface area contributed by atoms with Crippen LogP contribution in [0.2, 0.25) is 0 Å². The highest BCUT2D eigenvalue weighted by Crippen LogP contribution is 2.14. The van der Waals surface area contributed by atoms with Crippen LogP contribution in [0.25, 0.3) is 0 Å². The van der Waals surface area contributed by atoms with Crippen LogP contribution < -0.4 is 0 Å². The molecule has 0 fully saturated rings. The minimum atomic E-state index is -1.04. The number of carboxylic acids is 1. The Morgan fingerprint density at radius 3 is 2.75 bits per heavy atom. The van der Waals surface area contributed by atoms with Crippen LogP contribution in [0.4, 0.5) is 4.39 Å². The molecule has 64 valence electrons. The Hall–Kier alpha value is -0.900. The van der Waals surface area contributed by atoms with Gasteiger partial charge in [-0.05, 0) is 23.8 Å². The fraction of sp³-hybridized carbons (Fsp3) is 0.125. The third-order valence-electron chi connectivity index (χ3n) is 1.44. The summed E-state index contributed by atoms with van der Waals surface area (Å²) in [6.45, 7) is 0. The molecule has 0 saturated heterocycles. The number of halogens is 2. The minimum Gasteiger partial charge on any atom is -0.478 e. The van der Waals surface area contributed by atoms with Crippen molar-refractivity contribution < 1.29 is 14.3 Å². The van der Waals surface area contributed by atoms with Crippen LogP contribution in [-0.2, 0) is 5.33 Å². The van der Waals surface area contributed by atoms with E-state index in [2.05, 4.69) is 15.9 Å². The monoisotopic (exact) mass is 232 g/mol. The van der Waals surface area contributed by atoms with Gasteiger partial charge in [-0.2, -0.15) is 0 Å². The van der Waals surface area contributed by atoms with Crippen molar-refractivity contribution in [2.75, 3.05) is 0 Å². The molecule has 0 bridgehead atoms. The summed E-state index contributed by atoms with van der Waals surface area (Å²) in [4.78, 5) is 10.5. The number of rotatable bonds is 2. The molecule has 0 amide bonds. The van der Waals surface area contributed by atoms with Gasteiger partial charge in [0.2, 0.25) is 0 Å². The third-order valence-corrected chi connectivity index (χ3v) is 2.05. The Kier molecular flexibility index (Phi) is 2.81. The lowest BCUT2D eigenvalue weighted by Crippen LogP contribution is -2.01. The summed E-state index contributed by atoms with van der Waals surface area (Å²) in [5, 5.41) is 8.98. The maximum absolute atomic E-state index is 12.6. The van der Waals surface area contributed by atoms with Crippen LogP contribution in [0.15, 0.2) is 18.2 Å². The molecule has 0 aliphatic heterocycles. The number of aromatic carboxylic acids is 1. The molecule has 1 aromatic rings. The summed E-state index contributed by atoms with van der Waals surface area (Å²) in [5.41, 5.74) is 0.579. The molecular weight excluding hydrogens is 227 g/mol. The SMILES string of the molecule is O=C(O)c1ccc(F)cc1CBr. The molecule has 0 spiro atoms. The number of carbonyl (C=O) groups is 1. The average Bonchev–Trinajstić information content (AvgIpc) is 2.03. The van der Waals surface area contributed by atoms with Crippen LogP contribution in [0.5, 0.6) is 0 Å². The van der Waals surface area contributed by atoms with E-state index in [4.69, 9.17) is 5.11 Å². The Bertz CT molecular complexity index is 312. The van der Waals surface area contributed by atoms with Gasteiger partial charge in [0.15, 0.2) is 0 Å². The molecule has 4 heteroatoms. The first-order valence-corrected chi connectivity index (χ1v) is 4.35. The first kappa shape index (κ1) is 9.19. The fourth-order valence-electron chi connectivity index (χ4n) is 0.881. The van der Waals surface area contributed by atoms with E-state index in [1.807, 2.05) is 0 Å². The Morgan fingerprint density at radius 2 is 2.25 bits per heavy atom. The van der Waals surface area contributed by atoms with Gasteiger partial charge in [-0.3, -0.25) is 0 Å². The molecule has 0 radical (unpaired) electrons. The second-order valence-corrected chi connectivity index (χ2v) is 2.80. The molecule has 12 heavy (non-hydrogen) atoms. The van der Waals surface area contributed by atoms with Gasteiger partial charge in [0.25, 0.3) is 0 Å². The molecule has 0 saturated carbocycles. The van der Waals surface area contributed by atoms with Gasteiger partial charge in [0.1, 0.15) is 5.82 Å². The van der Waals surface area contributed by atoms with E-state index in [1.54, 1.807) is 0 Å². The van der Waals surface area contributed by atoms with E-state index in [0.29, 0.717) is 10.9 Å². The molecule has 0 aliphatic rings. The lowest BCUT2D eigenvalue weighted by atomic mass is 10.1. The molecule has 0 aliphatic carbocycles.